The van der Waals surface area contributed by atoms with Gasteiger partial charge < -0.3 is 21.3 Å². The van der Waals surface area contributed by atoms with E-state index in [-0.39, 0.29) is 6.42 Å². The third-order valence-electron chi connectivity index (χ3n) is 5.04. The molecule has 0 bridgehead atoms. The number of carbonyl (C=O) groups is 2. The monoisotopic (exact) mass is 436 g/mol. The van der Waals surface area contributed by atoms with E-state index in [1.54, 1.807) is 24.3 Å². The van der Waals surface area contributed by atoms with Crippen molar-refractivity contribution in [3.63, 3.8) is 0 Å². The summed E-state index contributed by atoms with van der Waals surface area (Å²) in [5.41, 5.74) is 7.43. The van der Waals surface area contributed by atoms with Crippen LogP contribution >= 0.6 is 11.6 Å². The van der Waals surface area contributed by atoms with Gasteiger partial charge in [0.15, 0.2) is 0 Å². The summed E-state index contributed by atoms with van der Waals surface area (Å²) in [6.45, 7) is 0. The summed E-state index contributed by atoms with van der Waals surface area (Å²) in [7, 11) is 3.86. The fourth-order valence-corrected chi connectivity index (χ4v) is 3.47. The number of amides is 3. The largest absolute Gasteiger partial charge is 0.378 e. The fraction of sp³-hybridized carbons (Fsp3) is 0.167. The van der Waals surface area contributed by atoms with Gasteiger partial charge in [0.05, 0.1) is 0 Å². The van der Waals surface area contributed by atoms with Crippen molar-refractivity contribution in [2.24, 2.45) is 5.73 Å². The lowest BCUT2D eigenvalue weighted by molar-refractivity contribution is -0.124. The van der Waals surface area contributed by atoms with Crippen molar-refractivity contribution in [3.8, 4) is 0 Å². The molecule has 3 rings (SSSR count). The van der Waals surface area contributed by atoms with Crippen LogP contribution in [0.15, 0.2) is 78.9 Å². The van der Waals surface area contributed by atoms with Crippen LogP contribution in [0.1, 0.15) is 11.1 Å². The molecular weight excluding hydrogens is 412 g/mol. The van der Waals surface area contributed by atoms with Crippen molar-refractivity contribution < 1.29 is 9.59 Å². The quantitative estimate of drug-likeness (QED) is 0.520. The van der Waals surface area contributed by atoms with E-state index in [1.807, 2.05) is 73.6 Å². The van der Waals surface area contributed by atoms with Crippen molar-refractivity contribution in [2.75, 3.05) is 24.3 Å². The number of nitrogens with two attached hydrogens (primary N) is 1. The van der Waals surface area contributed by atoms with Crippen LogP contribution < -0.4 is 21.3 Å². The number of benzene rings is 3. The van der Waals surface area contributed by atoms with Gasteiger partial charge >= 0.3 is 6.03 Å². The Bertz CT molecular complexity index is 1040. The molecule has 0 saturated heterocycles. The number of rotatable bonds is 7. The first-order valence-electron chi connectivity index (χ1n) is 9.76. The number of nitrogens with zero attached hydrogens (tertiary/aromatic N) is 1. The van der Waals surface area contributed by atoms with E-state index in [0.29, 0.717) is 16.3 Å². The van der Waals surface area contributed by atoms with E-state index >= 15 is 0 Å². The van der Waals surface area contributed by atoms with Crippen molar-refractivity contribution in [2.45, 2.75) is 12.0 Å². The summed E-state index contributed by atoms with van der Waals surface area (Å²) in [5, 5.41) is 6.13. The molecule has 0 radical (unpaired) electrons. The Kier molecular flexibility index (Phi) is 6.82. The van der Waals surface area contributed by atoms with Crippen LogP contribution in [-0.2, 0) is 16.8 Å². The highest BCUT2D eigenvalue weighted by Gasteiger charge is 2.40. The minimum absolute atomic E-state index is 0.207. The van der Waals surface area contributed by atoms with Crippen molar-refractivity contribution in [1.29, 1.82) is 0 Å². The number of primary amides is 1. The lowest BCUT2D eigenvalue weighted by Crippen LogP contribution is -2.57. The molecule has 0 aliphatic carbocycles. The second kappa shape index (κ2) is 9.53. The molecule has 31 heavy (non-hydrogen) atoms. The summed E-state index contributed by atoms with van der Waals surface area (Å²) in [4.78, 5) is 27.7. The van der Waals surface area contributed by atoms with Crippen LogP contribution in [0.25, 0.3) is 0 Å². The molecule has 3 aromatic rings. The molecule has 0 spiro atoms. The van der Waals surface area contributed by atoms with Gasteiger partial charge in [0, 0.05) is 36.9 Å². The van der Waals surface area contributed by atoms with Gasteiger partial charge in [-0.05, 0) is 47.5 Å². The van der Waals surface area contributed by atoms with Gasteiger partial charge in [-0.3, -0.25) is 4.79 Å². The lowest BCUT2D eigenvalue weighted by atomic mass is 9.83. The maximum atomic E-state index is 12.9. The van der Waals surface area contributed by atoms with E-state index in [2.05, 4.69) is 10.6 Å². The molecule has 0 heterocycles. The van der Waals surface area contributed by atoms with Crippen LogP contribution in [0, 0.1) is 0 Å². The molecule has 1 atom stereocenters. The normalized spacial score (nSPS) is 12.5. The fourth-order valence-electron chi connectivity index (χ4n) is 3.34. The number of anilines is 2. The molecule has 0 unspecified atom stereocenters. The van der Waals surface area contributed by atoms with E-state index < -0.39 is 17.5 Å². The van der Waals surface area contributed by atoms with Gasteiger partial charge in [-0.25, -0.2) is 4.79 Å². The molecule has 6 nitrogen and oxygen atoms in total. The average Bonchev–Trinajstić information content (AvgIpc) is 2.75. The highest BCUT2D eigenvalue weighted by Crippen LogP contribution is 2.28. The van der Waals surface area contributed by atoms with Gasteiger partial charge in [-0.1, -0.05) is 54.1 Å². The highest BCUT2D eigenvalue weighted by atomic mass is 35.5. The first kappa shape index (κ1) is 22.2. The van der Waals surface area contributed by atoms with E-state index in [4.69, 9.17) is 17.3 Å². The van der Waals surface area contributed by atoms with Gasteiger partial charge in [0.1, 0.15) is 5.54 Å². The summed E-state index contributed by atoms with van der Waals surface area (Å²) in [6, 6.07) is 23.0. The molecule has 160 valence electrons. The Balaban J connectivity index is 1.97. The number of hydrogen-bond acceptors (Lipinski definition) is 3. The highest BCUT2D eigenvalue weighted by molar-refractivity contribution is 6.30. The molecule has 3 amide bonds. The number of carbonyl (C=O) groups excluding carboxylic acids is 2. The van der Waals surface area contributed by atoms with Gasteiger partial charge in [0.25, 0.3) is 0 Å². The number of hydrogen-bond donors (Lipinski definition) is 3. The first-order chi connectivity index (χ1) is 14.8. The van der Waals surface area contributed by atoms with Gasteiger partial charge in [-0.2, -0.15) is 0 Å². The van der Waals surface area contributed by atoms with E-state index in [1.165, 1.54) is 0 Å². The molecule has 7 heteroatoms. The summed E-state index contributed by atoms with van der Waals surface area (Å²) in [5.74, 6) is -0.653. The SMILES string of the molecule is CN(C)c1ccc([C@@](Cc2ccccc2)(NC(=O)Nc2ccc(Cl)cc2)C(N)=O)cc1. The topological polar surface area (TPSA) is 87.5 Å². The second-order valence-corrected chi connectivity index (χ2v) is 7.90. The first-order valence-corrected chi connectivity index (χ1v) is 10.1. The van der Waals surface area contributed by atoms with Crippen LogP contribution in [0.2, 0.25) is 5.02 Å². The maximum Gasteiger partial charge on any atom is 0.320 e. The molecule has 3 aromatic carbocycles. The van der Waals surface area contributed by atoms with Crippen molar-refractivity contribution >= 4 is 34.9 Å². The molecule has 0 fully saturated rings. The average molecular weight is 437 g/mol. The number of nitrogens with one attached hydrogen (secondary N) is 2. The standard InChI is InChI=1S/C24H25ClN4O2/c1-29(2)21-14-8-18(9-15-21)24(22(26)30,16-17-6-4-3-5-7-17)28-23(31)27-20-12-10-19(25)11-13-20/h3-15H,16H2,1-2H3,(H2,26,30)(H2,27,28,31)/t24-/m1/s1. The zero-order chi connectivity index (χ0) is 22.4. The molecular formula is C24H25ClN4O2. The molecule has 0 aromatic heterocycles. The zero-order valence-corrected chi connectivity index (χ0v) is 18.2. The molecule has 0 aliphatic rings. The third-order valence-corrected chi connectivity index (χ3v) is 5.29. The molecule has 0 saturated carbocycles. The Morgan fingerprint density at radius 2 is 1.55 bits per heavy atom. The Morgan fingerprint density at radius 3 is 2.10 bits per heavy atom. The smallest absolute Gasteiger partial charge is 0.320 e. The Hall–Kier alpha value is -3.51. The predicted octanol–water partition coefficient (Wildman–Crippen LogP) is 4.15. The molecule has 0 aliphatic heterocycles. The van der Waals surface area contributed by atoms with Crippen LogP contribution in [0.5, 0.6) is 0 Å². The minimum atomic E-state index is -1.44. The Labute approximate surface area is 187 Å². The van der Waals surface area contributed by atoms with Crippen molar-refractivity contribution in [3.05, 3.63) is 95.0 Å². The van der Waals surface area contributed by atoms with Crippen LogP contribution in [-0.4, -0.2) is 26.0 Å². The van der Waals surface area contributed by atoms with Gasteiger partial charge in [0.2, 0.25) is 5.91 Å². The van der Waals surface area contributed by atoms with Crippen LogP contribution in [0.4, 0.5) is 16.2 Å². The second-order valence-electron chi connectivity index (χ2n) is 7.46. The summed E-state index contributed by atoms with van der Waals surface area (Å²) in [6.07, 6.45) is 0.207. The minimum Gasteiger partial charge on any atom is -0.378 e. The maximum absolute atomic E-state index is 12.9. The zero-order valence-electron chi connectivity index (χ0n) is 17.4. The van der Waals surface area contributed by atoms with Crippen molar-refractivity contribution in [1.82, 2.24) is 5.32 Å². The Morgan fingerprint density at radius 1 is 0.935 bits per heavy atom. The summed E-state index contributed by atoms with van der Waals surface area (Å²) < 4.78 is 0. The van der Waals surface area contributed by atoms with E-state index in [0.717, 1.165) is 11.3 Å². The number of halogens is 1. The van der Waals surface area contributed by atoms with Gasteiger partial charge in [-0.15, -0.1) is 0 Å². The molecule has 4 N–H and O–H groups in total. The van der Waals surface area contributed by atoms with Crippen LogP contribution in [0.3, 0.4) is 0 Å². The van der Waals surface area contributed by atoms with E-state index in [9.17, 15) is 9.59 Å². The summed E-state index contributed by atoms with van der Waals surface area (Å²) >= 11 is 5.91. The number of urea groups is 1. The predicted molar refractivity (Wildman–Crippen MR) is 125 cm³/mol. The lowest BCUT2D eigenvalue weighted by Gasteiger charge is -2.33. The third kappa shape index (κ3) is 5.35.